The molecule has 0 aromatic heterocycles. The maximum absolute atomic E-state index is 12.2. The van der Waals surface area contributed by atoms with Crippen molar-refractivity contribution in [1.29, 1.82) is 0 Å². The standard InChI is InChI=1S/C24H38N4O4S2/c1-21-7-11-23(12-8-21)33(29,30)27-19-5-17-25-15-3-4-16-26-18-6-20-28-34(31,32)24-13-9-22(2)10-14-24/h7-14,25-28H,3-6,15-20H2,1-2H3. The topological polar surface area (TPSA) is 116 Å². The summed E-state index contributed by atoms with van der Waals surface area (Å²) in [7, 11) is -6.88. The third-order valence-corrected chi connectivity index (χ3v) is 8.22. The second kappa shape index (κ2) is 14.6. The first kappa shape index (κ1) is 28.4. The van der Waals surface area contributed by atoms with Crippen LogP contribution in [0.4, 0.5) is 0 Å². The van der Waals surface area contributed by atoms with Gasteiger partial charge in [-0.1, -0.05) is 35.4 Å². The molecular weight excluding hydrogens is 472 g/mol. The average Bonchev–Trinajstić information content (AvgIpc) is 2.80. The Morgan fingerprint density at radius 2 is 0.824 bits per heavy atom. The highest BCUT2D eigenvalue weighted by molar-refractivity contribution is 7.89. The summed E-state index contributed by atoms with van der Waals surface area (Å²) < 4.78 is 54.1. The Morgan fingerprint density at radius 3 is 1.18 bits per heavy atom. The van der Waals surface area contributed by atoms with E-state index in [1.807, 2.05) is 13.8 Å². The molecular formula is C24H38N4O4S2. The highest BCUT2D eigenvalue weighted by atomic mass is 32.2. The predicted octanol–water partition coefficient (Wildman–Crippen LogP) is 2.30. The maximum atomic E-state index is 12.2. The van der Waals surface area contributed by atoms with E-state index in [0.29, 0.717) is 22.9 Å². The van der Waals surface area contributed by atoms with E-state index < -0.39 is 20.0 Å². The fourth-order valence-electron chi connectivity index (χ4n) is 3.19. The summed E-state index contributed by atoms with van der Waals surface area (Å²) in [6.45, 7) is 7.91. The van der Waals surface area contributed by atoms with Gasteiger partial charge in [0.05, 0.1) is 9.79 Å². The van der Waals surface area contributed by atoms with Gasteiger partial charge in [-0.05, 0) is 90.0 Å². The molecule has 2 aromatic carbocycles. The average molecular weight is 511 g/mol. The number of sulfonamides is 2. The second-order valence-electron chi connectivity index (χ2n) is 8.34. The molecule has 0 aliphatic carbocycles. The molecule has 8 nitrogen and oxygen atoms in total. The predicted molar refractivity (Wildman–Crippen MR) is 137 cm³/mol. The Labute approximate surface area is 205 Å². The summed E-state index contributed by atoms with van der Waals surface area (Å²) in [5.41, 5.74) is 2.05. The fourth-order valence-corrected chi connectivity index (χ4v) is 5.34. The molecule has 0 radical (unpaired) electrons. The van der Waals surface area contributed by atoms with Crippen molar-refractivity contribution in [3.63, 3.8) is 0 Å². The Kier molecular flexibility index (Phi) is 12.2. The molecule has 4 N–H and O–H groups in total. The zero-order valence-corrected chi connectivity index (χ0v) is 21.8. The van der Waals surface area contributed by atoms with Crippen LogP contribution in [0.15, 0.2) is 58.3 Å². The van der Waals surface area contributed by atoms with E-state index in [-0.39, 0.29) is 0 Å². The molecule has 0 amide bonds. The van der Waals surface area contributed by atoms with Gasteiger partial charge in [-0.15, -0.1) is 0 Å². The molecule has 0 fully saturated rings. The quantitative estimate of drug-likeness (QED) is 0.243. The van der Waals surface area contributed by atoms with Crippen molar-refractivity contribution >= 4 is 20.0 Å². The van der Waals surface area contributed by atoms with Crippen LogP contribution in [0.1, 0.15) is 36.8 Å². The summed E-state index contributed by atoms with van der Waals surface area (Å²) in [6, 6.07) is 13.6. The summed E-state index contributed by atoms with van der Waals surface area (Å²) in [4.78, 5) is 0.587. The Morgan fingerprint density at radius 1 is 0.500 bits per heavy atom. The number of hydrogen-bond donors (Lipinski definition) is 4. The van der Waals surface area contributed by atoms with Crippen molar-refractivity contribution in [2.75, 3.05) is 39.3 Å². The normalized spacial score (nSPS) is 12.2. The first-order chi connectivity index (χ1) is 16.2. The smallest absolute Gasteiger partial charge is 0.240 e. The van der Waals surface area contributed by atoms with Crippen LogP contribution in [-0.2, 0) is 20.0 Å². The largest absolute Gasteiger partial charge is 0.317 e. The van der Waals surface area contributed by atoms with Crippen LogP contribution in [0, 0.1) is 13.8 Å². The minimum absolute atomic E-state index is 0.294. The lowest BCUT2D eigenvalue weighted by Gasteiger charge is -2.09. The van der Waals surface area contributed by atoms with E-state index in [2.05, 4.69) is 20.1 Å². The molecule has 0 aliphatic rings. The summed E-state index contributed by atoms with van der Waals surface area (Å²) in [5, 5.41) is 6.65. The van der Waals surface area contributed by atoms with E-state index in [0.717, 1.165) is 63.0 Å². The first-order valence-corrected chi connectivity index (χ1v) is 14.7. The van der Waals surface area contributed by atoms with E-state index in [1.54, 1.807) is 48.5 Å². The second-order valence-corrected chi connectivity index (χ2v) is 11.9. The third kappa shape index (κ3) is 10.6. The van der Waals surface area contributed by atoms with E-state index >= 15 is 0 Å². The van der Waals surface area contributed by atoms with Gasteiger partial charge in [0.2, 0.25) is 20.0 Å². The monoisotopic (exact) mass is 510 g/mol. The molecule has 2 aromatic rings. The van der Waals surface area contributed by atoms with Gasteiger partial charge >= 0.3 is 0 Å². The molecule has 2 rings (SSSR count). The lowest BCUT2D eigenvalue weighted by molar-refractivity contribution is 0.553. The third-order valence-electron chi connectivity index (χ3n) is 5.26. The molecule has 0 saturated carbocycles. The molecule has 190 valence electrons. The highest BCUT2D eigenvalue weighted by Gasteiger charge is 2.13. The summed E-state index contributed by atoms with van der Waals surface area (Å²) in [5.74, 6) is 0. The number of unbranched alkanes of at least 4 members (excludes halogenated alkanes) is 1. The zero-order valence-electron chi connectivity index (χ0n) is 20.1. The van der Waals surface area contributed by atoms with Crippen LogP contribution in [0.25, 0.3) is 0 Å². The minimum Gasteiger partial charge on any atom is -0.317 e. The van der Waals surface area contributed by atoms with Crippen LogP contribution in [0.5, 0.6) is 0 Å². The van der Waals surface area contributed by atoms with Gasteiger partial charge in [0, 0.05) is 13.1 Å². The van der Waals surface area contributed by atoms with E-state index in [1.165, 1.54) is 0 Å². The lowest BCUT2D eigenvalue weighted by atomic mass is 10.2. The van der Waals surface area contributed by atoms with Crippen LogP contribution in [0.2, 0.25) is 0 Å². The van der Waals surface area contributed by atoms with Gasteiger partial charge in [0.25, 0.3) is 0 Å². The number of hydrogen-bond acceptors (Lipinski definition) is 6. The van der Waals surface area contributed by atoms with Crippen LogP contribution < -0.4 is 20.1 Å². The van der Waals surface area contributed by atoms with Crippen molar-refractivity contribution in [3.05, 3.63) is 59.7 Å². The number of nitrogens with one attached hydrogen (secondary N) is 4. The van der Waals surface area contributed by atoms with Crippen molar-refractivity contribution < 1.29 is 16.8 Å². The van der Waals surface area contributed by atoms with Gasteiger partial charge in [0.15, 0.2) is 0 Å². The number of aryl methyl sites for hydroxylation is 2. The summed E-state index contributed by atoms with van der Waals surface area (Å²) >= 11 is 0. The van der Waals surface area contributed by atoms with Crippen molar-refractivity contribution in [2.24, 2.45) is 0 Å². The SMILES string of the molecule is Cc1ccc(S(=O)(=O)NCCCNCCCCNCCCNS(=O)(=O)c2ccc(C)cc2)cc1. The van der Waals surface area contributed by atoms with Gasteiger partial charge < -0.3 is 10.6 Å². The van der Waals surface area contributed by atoms with Gasteiger partial charge in [-0.3, -0.25) is 0 Å². The number of rotatable bonds is 17. The van der Waals surface area contributed by atoms with Crippen molar-refractivity contribution in [1.82, 2.24) is 20.1 Å². The molecule has 0 bridgehead atoms. The van der Waals surface area contributed by atoms with E-state index in [4.69, 9.17) is 0 Å². The lowest BCUT2D eigenvalue weighted by Crippen LogP contribution is -2.28. The van der Waals surface area contributed by atoms with Crippen LogP contribution in [-0.4, -0.2) is 56.1 Å². The molecule has 34 heavy (non-hydrogen) atoms. The first-order valence-electron chi connectivity index (χ1n) is 11.7. The Balaban J connectivity index is 1.41. The van der Waals surface area contributed by atoms with Crippen LogP contribution in [0.3, 0.4) is 0 Å². The van der Waals surface area contributed by atoms with Gasteiger partial charge in [-0.2, -0.15) is 0 Å². The molecule has 0 spiro atoms. The van der Waals surface area contributed by atoms with Gasteiger partial charge in [0.1, 0.15) is 0 Å². The molecule has 10 heteroatoms. The number of benzene rings is 2. The highest BCUT2D eigenvalue weighted by Crippen LogP contribution is 2.10. The molecule has 0 heterocycles. The van der Waals surface area contributed by atoms with E-state index in [9.17, 15) is 16.8 Å². The zero-order chi connectivity index (χ0) is 24.9. The Bertz CT molecular complexity index is 968. The van der Waals surface area contributed by atoms with Crippen LogP contribution >= 0.6 is 0 Å². The molecule has 0 saturated heterocycles. The minimum atomic E-state index is -3.44. The van der Waals surface area contributed by atoms with Crippen molar-refractivity contribution in [2.45, 2.75) is 49.3 Å². The van der Waals surface area contributed by atoms with Gasteiger partial charge in [-0.25, -0.2) is 26.3 Å². The maximum Gasteiger partial charge on any atom is 0.240 e. The molecule has 0 unspecified atom stereocenters. The molecule has 0 aliphatic heterocycles. The fraction of sp³-hybridized carbons (Fsp3) is 0.500. The molecule has 0 atom stereocenters. The van der Waals surface area contributed by atoms with Crippen molar-refractivity contribution in [3.8, 4) is 0 Å². The Hall–Kier alpha value is -1.82. The summed E-state index contributed by atoms with van der Waals surface area (Å²) in [6.07, 6.45) is 3.48.